The van der Waals surface area contributed by atoms with Gasteiger partial charge < -0.3 is 0 Å². The molecule has 4 nitrogen and oxygen atoms in total. The fourth-order valence-electron chi connectivity index (χ4n) is 2.11. The molecular formula is C15H13N3OS. The van der Waals surface area contributed by atoms with Gasteiger partial charge in [-0.1, -0.05) is 18.2 Å². The van der Waals surface area contributed by atoms with Crippen LogP contribution >= 0.6 is 11.3 Å². The van der Waals surface area contributed by atoms with Crippen molar-refractivity contribution < 1.29 is 4.79 Å². The maximum atomic E-state index is 12.6. The summed E-state index contributed by atoms with van der Waals surface area (Å²) >= 11 is 1.42. The molecule has 0 bridgehead atoms. The molecule has 0 aliphatic heterocycles. The number of para-hydroxylation sites is 1. The summed E-state index contributed by atoms with van der Waals surface area (Å²) in [5.74, 6) is -0.0329. The summed E-state index contributed by atoms with van der Waals surface area (Å²) < 4.78 is 1.66. The van der Waals surface area contributed by atoms with Crippen molar-refractivity contribution in [3.05, 3.63) is 63.9 Å². The molecule has 0 aliphatic carbocycles. The van der Waals surface area contributed by atoms with E-state index in [0.29, 0.717) is 10.6 Å². The van der Waals surface area contributed by atoms with Crippen molar-refractivity contribution in [2.75, 3.05) is 0 Å². The molecule has 0 radical (unpaired) electrons. The van der Waals surface area contributed by atoms with Crippen molar-refractivity contribution in [1.29, 1.82) is 0 Å². The van der Waals surface area contributed by atoms with Crippen LogP contribution in [0.25, 0.3) is 5.69 Å². The third-order valence-corrected chi connectivity index (χ3v) is 4.06. The molecule has 20 heavy (non-hydrogen) atoms. The number of nitrogens with zero attached hydrogens (tertiary/aromatic N) is 3. The van der Waals surface area contributed by atoms with Crippen LogP contribution in [-0.2, 0) is 0 Å². The smallest absolute Gasteiger partial charge is 0.223 e. The summed E-state index contributed by atoms with van der Waals surface area (Å²) in [6.07, 6.45) is 1.64. The Morgan fingerprint density at radius 2 is 1.90 bits per heavy atom. The zero-order valence-corrected chi connectivity index (χ0v) is 12.0. The van der Waals surface area contributed by atoms with Crippen molar-refractivity contribution in [3.8, 4) is 5.69 Å². The highest BCUT2D eigenvalue weighted by Crippen LogP contribution is 2.22. The van der Waals surface area contributed by atoms with Gasteiger partial charge in [-0.25, -0.2) is 9.67 Å². The van der Waals surface area contributed by atoms with E-state index in [-0.39, 0.29) is 5.78 Å². The number of thiazole rings is 1. The minimum absolute atomic E-state index is 0.0329. The number of carbonyl (C=O) groups is 1. The molecule has 0 atom stereocenters. The van der Waals surface area contributed by atoms with Crippen LogP contribution in [0.15, 0.2) is 42.6 Å². The molecule has 0 saturated heterocycles. The van der Waals surface area contributed by atoms with Gasteiger partial charge in [0.15, 0.2) is 0 Å². The molecule has 100 valence electrons. The zero-order chi connectivity index (χ0) is 14.1. The van der Waals surface area contributed by atoms with Gasteiger partial charge in [-0.3, -0.25) is 4.79 Å². The Hall–Kier alpha value is -2.27. The van der Waals surface area contributed by atoms with Gasteiger partial charge >= 0.3 is 0 Å². The predicted molar refractivity (Wildman–Crippen MR) is 78.6 cm³/mol. The van der Waals surface area contributed by atoms with E-state index >= 15 is 0 Å². The molecule has 0 aliphatic rings. The fraction of sp³-hybridized carbons (Fsp3) is 0.133. The van der Waals surface area contributed by atoms with Crippen LogP contribution in [0.5, 0.6) is 0 Å². The van der Waals surface area contributed by atoms with Gasteiger partial charge in [0.25, 0.3) is 0 Å². The van der Waals surface area contributed by atoms with E-state index in [0.717, 1.165) is 16.4 Å². The Balaban J connectivity index is 2.06. The Labute approximate surface area is 120 Å². The van der Waals surface area contributed by atoms with Crippen LogP contribution < -0.4 is 0 Å². The van der Waals surface area contributed by atoms with Crippen LogP contribution in [0.1, 0.15) is 26.1 Å². The molecule has 0 fully saturated rings. The molecule has 0 unspecified atom stereocenters. The molecule has 3 aromatic rings. The normalized spacial score (nSPS) is 10.7. The molecule has 1 aromatic carbocycles. The van der Waals surface area contributed by atoms with E-state index < -0.39 is 0 Å². The summed E-state index contributed by atoms with van der Waals surface area (Å²) in [7, 11) is 0. The van der Waals surface area contributed by atoms with Gasteiger partial charge in [-0.15, -0.1) is 11.3 Å². The molecular weight excluding hydrogens is 270 g/mol. The first-order valence-corrected chi connectivity index (χ1v) is 7.06. The Morgan fingerprint density at radius 3 is 2.55 bits per heavy atom. The van der Waals surface area contributed by atoms with Gasteiger partial charge in [0.2, 0.25) is 5.78 Å². The Morgan fingerprint density at radius 1 is 1.15 bits per heavy atom. The quantitative estimate of drug-likeness (QED) is 0.694. The Kier molecular flexibility index (Phi) is 3.20. The van der Waals surface area contributed by atoms with Gasteiger partial charge in [0, 0.05) is 0 Å². The lowest BCUT2D eigenvalue weighted by Gasteiger charge is -2.05. The Bertz CT molecular complexity index is 759. The minimum atomic E-state index is -0.0329. The maximum absolute atomic E-state index is 12.6. The molecule has 0 amide bonds. The number of ketones is 1. The van der Waals surface area contributed by atoms with E-state index in [2.05, 4.69) is 10.1 Å². The van der Waals surface area contributed by atoms with Crippen molar-refractivity contribution in [1.82, 2.24) is 14.8 Å². The molecule has 0 spiro atoms. The average molecular weight is 283 g/mol. The van der Waals surface area contributed by atoms with Crippen LogP contribution in [0.3, 0.4) is 0 Å². The van der Waals surface area contributed by atoms with Crippen LogP contribution in [0.2, 0.25) is 0 Å². The summed E-state index contributed by atoms with van der Waals surface area (Å²) in [5, 5.41) is 5.15. The molecule has 3 rings (SSSR count). The fourth-order valence-corrected chi connectivity index (χ4v) is 2.98. The third-order valence-electron chi connectivity index (χ3n) is 2.99. The summed E-state index contributed by atoms with van der Waals surface area (Å²) in [6.45, 7) is 3.77. The third kappa shape index (κ3) is 2.16. The predicted octanol–water partition coefficient (Wildman–Crippen LogP) is 3.18. The number of aryl methyl sites for hydroxylation is 2. The van der Waals surface area contributed by atoms with E-state index in [1.165, 1.54) is 11.3 Å². The van der Waals surface area contributed by atoms with Crippen molar-refractivity contribution >= 4 is 17.1 Å². The molecule has 2 aromatic heterocycles. The molecule has 5 heteroatoms. The van der Waals surface area contributed by atoms with E-state index in [4.69, 9.17) is 0 Å². The van der Waals surface area contributed by atoms with E-state index in [1.54, 1.807) is 16.9 Å². The lowest BCUT2D eigenvalue weighted by molar-refractivity contribution is 0.103. The summed E-state index contributed by atoms with van der Waals surface area (Å²) in [6, 6.07) is 11.4. The number of aromatic nitrogens is 3. The van der Waals surface area contributed by atoms with Crippen molar-refractivity contribution in [2.45, 2.75) is 13.8 Å². The van der Waals surface area contributed by atoms with Gasteiger partial charge in [0.05, 0.1) is 27.5 Å². The number of hydrogen-bond donors (Lipinski definition) is 0. The van der Waals surface area contributed by atoms with E-state index in [9.17, 15) is 4.79 Å². The first-order chi connectivity index (χ1) is 9.66. The monoisotopic (exact) mass is 283 g/mol. The number of benzene rings is 1. The molecule has 0 N–H and O–H groups in total. The van der Waals surface area contributed by atoms with Gasteiger partial charge in [-0.05, 0) is 32.0 Å². The van der Waals surface area contributed by atoms with Crippen LogP contribution in [-0.4, -0.2) is 20.5 Å². The van der Waals surface area contributed by atoms with E-state index in [1.807, 2.05) is 44.2 Å². The summed E-state index contributed by atoms with van der Waals surface area (Å²) in [4.78, 5) is 17.6. The first-order valence-electron chi connectivity index (χ1n) is 6.25. The topological polar surface area (TPSA) is 47.8 Å². The van der Waals surface area contributed by atoms with Gasteiger partial charge in [0.1, 0.15) is 5.69 Å². The van der Waals surface area contributed by atoms with Crippen molar-refractivity contribution in [3.63, 3.8) is 0 Å². The second kappa shape index (κ2) is 5.02. The maximum Gasteiger partial charge on any atom is 0.223 e. The first kappa shape index (κ1) is 12.7. The zero-order valence-electron chi connectivity index (χ0n) is 11.2. The number of carbonyl (C=O) groups excluding carboxylic acids is 1. The van der Waals surface area contributed by atoms with Crippen molar-refractivity contribution in [2.24, 2.45) is 0 Å². The highest BCUT2D eigenvalue weighted by Gasteiger charge is 2.20. The largest absolute Gasteiger partial charge is 0.286 e. The standard InChI is InChI=1S/C15H13N3OS/c1-10-15(20-11(2)17-10)14(19)13-8-9-16-18(13)12-6-4-3-5-7-12/h3-9H,1-2H3. The molecule has 0 saturated carbocycles. The van der Waals surface area contributed by atoms with Crippen LogP contribution in [0, 0.1) is 13.8 Å². The highest BCUT2D eigenvalue weighted by molar-refractivity contribution is 7.14. The second-order valence-electron chi connectivity index (χ2n) is 4.44. The summed E-state index contributed by atoms with van der Waals surface area (Å²) in [5.41, 5.74) is 2.21. The minimum Gasteiger partial charge on any atom is -0.286 e. The highest BCUT2D eigenvalue weighted by atomic mass is 32.1. The number of rotatable bonds is 3. The lowest BCUT2D eigenvalue weighted by Crippen LogP contribution is -2.09. The second-order valence-corrected chi connectivity index (χ2v) is 5.64. The van der Waals surface area contributed by atoms with Crippen LogP contribution in [0.4, 0.5) is 0 Å². The average Bonchev–Trinajstić information content (AvgIpc) is 3.05. The molecule has 2 heterocycles. The number of hydrogen-bond acceptors (Lipinski definition) is 4. The SMILES string of the molecule is Cc1nc(C)c(C(=O)c2ccnn2-c2ccccc2)s1. The lowest BCUT2D eigenvalue weighted by atomic mass is 10.2. The van der Waals surface area contributed by atoms with Gasteiger partial charge in [-0.2, -0.15) is 5.10 Å².